The van der Waals surface area contributed by atoms with Crippen molar-refractivity contribution >= 4 is 34.8 Å². The lowest BCUT2D eigenvalue weighted by Gasteiger charge is -2.13. The Kier molecular flexibility index (Phi) is 2.93. The fraction of sp³-hybridized carbons (Fsp3) is 0.250. The number of hydrogen-bond acceptors (Lipinski definition) is 3. The van der Waals surface area contributed by atoms with Crippen molar-refractivity contribution in [2.75, 3.05) is 0 Å². The van der Waals surface area contributed by atoms with E-state index in [0.717, 1.165) is 11.0 Å². The Bertz CT molecular complexity index is 640. The summed E-state index contributed by atoms with van der Waals surface area (Å²) in [6.07, 6.45) is 0. The van der Waals surface area contributed by atoms with E-state index in [4.69, 9.17) is 12.2 Å². The molecule has 0 spiro atoms. The number of hydrogen-bond donors (Lipinski definition) is 1. The summed E-state index contributed by atoms with van der Waals surface area (Å²) in [4.78, 5) is 26.1. The standard InChI is InChI=1S/C12H12N2O2S/c1-7(15)11(8(2)16)14-10-6-4-3-5-9(10)13-12(14)17/h3-6,11H,1-2H3,(H,13,17). The molecule has 0 aliphatic heterocycles. The maximum atomic E-state index is 11.6. The summed E-state index contributed by atoms with van der Waals surface area (Å²) in [5, 5.41) is 0. The lowest BCUT2D eigenvalue weighted by atomic mass is 10.1. The van der Waals surface area contributed by atoms with Gasteiger partial charge in [-0.05, 0) is 38.2 Å². The van der Waals surface area contributed by atoms with Gasteiger partial charge in [0.25, 0.3) is 0 Å². The highest BCUT2D eigenvalue weighted by Gasteiger charge is 2.24. The summed E-state index contributed by atoms with van der Waals surface area (Å²) in [5.74, 6) is -0.420. The minimum absolute atomic E-state index is 0.210. The van der Waals surface area contributed by atoms with Crippen molar-refractivity contribution in [3.8, 4) is 0 Å². The third kappa shape index (κ3) is 1.93. The highest BCUT2D eigenvalue weighted by molar-refractivity contribution is 7.71. The van der Waals surface area contributed by atoms with E-state index in [1.807, 2.05) is 24.3 Å². The molecule has 4 nitrogen and oxygen atoms in total. The molecular weight excluding hydrogens is 236 g/mol. The molecule has 0 radical (unpaired) electrons. The number of aromatic amines is 1. The monoisotopic (exact) mass is 248 g/mol. The quantitative estimate of drug-likeness (QED) is 0.670. The van der Waals surface area contributed by atoms with Gasteiger partial charge in [0.1, 0.15) is 0 Å². The normalized spacial score (nSPS) is 11.0. The van der Waals surface area contributed by atoms with Gasteiger partial charge in [0.15, 0.2) is 22.4 Å². The third-order valence-corrected chi connectivity index (χ3v) is 2.95. The summed E-state index contributed by atoms with van der Waals surface area (Å²) in [7, 11) is 0. The van der Waals surface area contributed by atoms with E-state index in [1.165, 1.54) is 13.8 Å². The zero-order valence-corrected chi connectivity index (χ0v) is 10.4. The summed E-state index contributed by atoms with van der Waals surface area (Å²) >= 11 is 5.17. The molecule has 1 N–H and O–H groups in total. The number of aromatic nitrogens is 2. The number of imidazole rings is 1. The van der Waals surface area contributed by atoms with Crippen LogP contribution >= 0.6 is 12.2 Å². The maximum Gasteiger partial charge on any atom is 0.179 e. The van der Waals surface area contributed by atoms with Crippen LogP contribution in [0.4, 0.5) is 0 Å². The highest BCUT2D eigenvalue weighted by atomic mass is 32.1. The zero-order chi connectivity index (χ0) is 12.6. The van der Waals surface area contributed by atoms with Gasteiger partial charge in [-0.2, -0.15) is 0 Å². The van der Waals surface area contributed by atoms with Crippen LogP contribution in [0.3, 0.4) is 0 Å². The topological polar surface area (TPSA) is 54.9 Å². The molecule has 88 valence electrons. The first-order valence-corrected chi connectivity index (χ1v) is 5.63. The van der Waals surface area contributed by atoms with Crippen molar-refractivity contribution in [2.45, 2.75) is 19.9 Å². The van der Waals surface area contributed by atoms with E-state index in [9.17, 15) is 9.59 Å². The van der Waals surface area contributed by atoms with Crippen LogP contribution in [0.25, 0.3) is 11.0 Å². The summed E-state index contributed by atoms with van der Waals surface area (Å²) in [6, 6.07) is 6.57. The smallest absolute Gasteiger partial charge is 0.179 e. The number of para-hydroxylation sites is 2. The second-order valence-corrected chi connectivity index (χ2v) is 4.33. The van der Waals surface area contributed by atoms with Gasteiger partial charge in [0, 0.05) is 0 Å². The lowest BCUT2D eigenvalue weighted by molar-refractivity contribution is -0.129. The maximum absolute atomic E-state index is 11.6. The Hall–Kier alpha value is -1.75. The van der Waals surface area contributed by atoms with Crippen LogP contribution in [0.15, 0.2) is 24.3 Å². The number of ketones is 2. The fourth-order valence-corrected chi connectivity index (χ4v) is 2.29. The average molecular weight is 248 g/mol. The first-order valence-electron chi connectivity index (χ1n) is 5.22. The Labute approximate surface area is 103 Å². The molecule has 2 aromatic rings. The van der Waals surface area contributed by atoms with Crippen molar-refractivity contribution in [1.82, 2.24) is 9.55 Å². The first-order chi connectivity index (χ1) is 8.02. The van der Waals surface area contributed by atoms with Gasteiger partial charge in [-0.1, -0.05) is 12.1 Å². The number of rotatable bonds is 3. The molecular formula is C12H12N2O2S. The number of Topliss-reactive ketones (excluding diaryl/α,β-unsaturated/α-hetero) is 2. The molecule has 0 amide bonds. The Morgan fingerprint density at radius 2 is 1.82 bits per heavy atom. The number of nitrogens with one attached hydrogen (secondary N) is 1. The Morgan fingerprint density at radius 3 is 2.41 bits per heavy atom. The summed E-state index contributed by atoms with van der Waals surface area (Å²) in [5.41, 5.74) is 1.60. The van der Waals surface area contributed by atoms with Crippen LogP contribution in [-0.2, 0) is 9.59 Å². The van der Waals surface area contributed by atoms with Crippen LogP contribution in [0.2, 0.25) is 0 Å². The van der Waals surface area contributed by atoms with E-state index >= 15 is 0 Å². The van der Waals surface area contributed by atoms with E-state index in [1.54, 1.807) is 4.57 Å². The second kappa shape index (κ2) is 4.25. The van der Waals surface area contributed by atoms with Crippen molar-refractivity contribution in [2.24, 2.45) is 0 Å². The molecule has 1 heterocycles. The molecule has 0 unspecified atom stereocenters. The lowest BCUT2D eigenvalue weighted by Crippen LogP contribution is -2.24. The van der Waals surface area contributed by atoms with E-state index < -0.39 is 6.04 Å². The number of benzene rings is 1. The second-order valence-electron chi connectivity index (χ2n) is 3.94. The number of nitrogens with zero attached hydrogens (tertiary/aromatic N) is 1. The van der Waals surface area contributed by atoms with Gasteiger partial charge in [-0.3, -0.25) is 14.2 Å². The van der Waals surface area contributed by atoms with Crippen LogP contribution in [-0.4, -0.2) is 21.1 Å². The number of fused-ring (bicyclic) bond motifs is 1. The molecule has 0 saturated heterocycles. The van der Waals surface area contributed by atoms with Gasteiger partial charge >= 0.3 is 0 Å². The Balaban J connectivity index is 2.77. The molecule has 1 aromatic heterocycles. The van der Waals surface area contributed by atoms with Crippen LogP contribution in [0, 0.1) is 4.77 Å². The highest BCUT2D eigenvalue weighted by Crippen LogP contribution is 2.20. The molecule has 0 aliphatic carbocycles. The fourth-order valence-electron chi connectivity index (χ4n) is 1.98. The van der Waals surface area contributed by atoms with Crippen LogP contribution < -0.4 is 0 Å². The average Bonchev–Trinajstić information content (AvgIpc) is 2.55. The largest absolute Gasteiger partial charge is 0.331 e. The molecule has 0 atom stereocenters. The van der Waals surface area contributed by atoms with Crippen molar-refractivity contribution in [3.63, 3.8) is 0 Å². The van der Waals surface area contributed by atoms with E-state index in [2.05, 4.69) is 4.98 Å². The van der Waals surface area contributed by atoms with Crippen molar-refractivity contribution in [3.05, 3.63) is 29.0 Å². The minimum atomic E-state index is -0.835. The summed E-state index contributed by atoms with van der Waals surface area (Å²) < 4.78 is 1.97. The SMILES string of the molecule is CC(=O)C(C(C)=O)n1c(=S)[nH]c2ccccc21. The van der Waals surface area contributed by atoms with Gasteiger partial charge in [-0.25, -0.2) is 0 Å². The van der Waals surface area contributed by atoms with Crippen LogP contribution in [0.5, 0.6) is 0 Å². The molecule has 5 heteroatoms. The third-order valence-electron chi connectivity index (χ3n) is 2.65. The van der Waals surface area contributed by atoms with E-state index in [0.29, 0.717) is 4.77 Å². The Morgan fingerprint density at radius 1 is 1.24 bits per heavy atom. The minimum Gasteiger partial charge on any atom is -0.331 e. The first kappa shape index (κ1) is 11.7. The van der Waals surface area contributed by atoms with Gasteiger partial charge in [0.2, 0.25) is 0 Å². The predicted molar refractivity (Wildman–Crippen MR) is 67.5 cm³/mol. The molecule has 0 aliphatic rings. The summed E-state index contributed by atoms with van der Waals surface area (Å²) in [6.45, 7) is 2.80. The van der Waals surface area contributed by atoms with Gasteiger partial charge < -0.3 is 4.98 Å². The number of carbonyl (C=O) groups is 2. The zero-order valence-electron chi connectivity index (χ0n) is 9.56. The van der Waals surface area contributed by atoms with Gasteiger partial charge in [0.05, 0.1) is 11.0 Å². The predicted octanol–water partition coefficient (Wildman–Crippen LogP) is 2.42. The number of H-pyrrole nitrogens is 1. The molecule has 17 heavy (non-hydrogen) atoms. The van der Waals surface area contributed by atoms with Crippen molar-refractivity contribution in [1.29, 1.82) is 0 Å². The molecule has 1 aromatic carbocycles. The molecule has 0 bridgehead atoms. The van der Waals surface area contributed by atoms with Crippen molar-refractivity contribution < 1.29 is 9.59 Å². The van der Waals surface area contributed by atoms with Gasteiger partial charge in [-0.15, -0.1) is 0 Å². The molecule has 0 fully saturated rings. The van der Waals surface area contributed by atoms with E-state index in [-0.39, 0.29) is 11.6 Å². The number of carbonyl (C=O) groups excluding carboxylic acids is 2. The molecule has 2 rings (SSSR count). The van der Waals surface area contributed by atoms with Crippen LogP contribution in [0.1, 0.15) is 19.9 Å². The molecule has 0 saturated carbocycles.